The fraction of sp³-hybridized carbons (Fsp3) is 0.429. The normalized spacial score (nSPS) is 22.0. The molecule has 0 aliphatic carbocycles. The second kappa shape index (κ2) is 6.32. The Morgan fingerprint density at radius 1 is 1.43 bits per heavy atom. The van der Waals surface area contributed by atoms with Crippen LogP contribution in [0.5, 0.6) is 0 Å². The molecule has 6 nitrogen and oxygen atoms in total. The molecule has 0 spiro atoms. The van der Waals surface area contributed by atoms with E-state index in [4.69, 9.17) is 16.7 Å². The van der Waals surface area contributed by atoms with E-state index in [2.05, 4.69) is 5.32 Å². The molecule has 1 aliphatic rings. The Balaban J connectivity index is 2.06. The molecule has 3 N–H and O–H groups in total. The number of aromatic carboxylic acids is 1. The van der Waals surface area contributed by atoms with Crippen LogP contribution in [-0.2, 0) is 0 Å². The monoisotopic (exact) mass is 312 g/mol. The van der Waals surface area contributed by atoms with Gasteiger partial charge in [0.2, 0.25) is 0 Å². The van der Waals surface area contributed by atoms with Crippen LogP contribution in [0.1, 0.15) is 23.7 Å². The smallest absolute Gasteiger partial charge is 0.337 e. The van der Waals surface area contributed by atoms with Gasteiger partial charge in [-0.2, -0.15) is 0 Å². The van der Waals surface area contributed by atoms with Crippen LogP contribution in [0.2, 0.25) is 5.02 Å². The summed E-state index contributed by atoms with van der Waals surface area (Å²) in [5.74, 6) is -1.13. The molecule has 1 aromatic carbocycles. The van der Waals surface area contributed by atoms with Crippen LogP contribution < -0.4 is 5.32 Å². The number of amides is 2. The molecule has 2 amide bonds. The molecular formula is C14H17ClN2O4. The fourth-order valence-corrected chi connectivity index (χ4v) is 2.49. The number of carboxylic acids is 1. The van der Waals surface area contributed by atoms with Gasteiger partial charge in [-0.05, 0) is 30.5 Å². The van der Waals surface area contributed by atoms with Gasteiger partial charge in [0, 0.05) is 18.8 Å². The van der Waals surface area contributed by atoms with Crippen molar-refractivity contribution in [1.29, 1.82) is 0 Å². The lowest BCUT2D eigenvalue weighted by molar-refractivity contribution is 0.0505. The Kier molecular flexibility index (Phi) is 4.69. The van der Waals surface area contributed by atoms with Gasteiger partial charge in [0.05, 0.1) is 16.7 Å². The molecular weight excluding hydrogens is 296 g/mol. The summed E-state index contributed by atoms with van der Waals surface area (Å²) in [6.45, 7) is 2.82. The highest BCUT2D eigenvalue weighted by molar-refractivity contribution is 6.33. The summed E-state index contributed by atoms with van der Waals surface area (Å²) < 4.78 is 0. The van der Waals surface area contributed by atoms with Crippen molar-refractivity contribution in [3.8, 4) is 0 Å². The molecule has 0 radical (unpaired) electrons. The van der Waals surface area contributed by atoms with E-state index >= 15 is 0 Å². The molecule has 2 unspecified atom stereocenters. The van der Waals surface area contributed by atoms with E-state index in [0.717, 1.165) is 0 Å². The van der Waals surface area contributed by atoms with Crippen LogP contribution in [0.4, 0.5) is 10.5 Å². The lowest BCUT2D eigenvalue weighted by Gasteiger charge is -2.34. The summed E-state index contributed by atoms with van der Waals surface area (Å²) in [5.41, 5.74) is 0.317. The number of aliphatic hydroxyl groups excluding tert-OH is 1. The minimum atomic E-state index is -1.15. The van der Waals surface area contributed by atoms with Crippen molar-refractivity contribution in [2.45, 2.75) is 19.4 Å². The number of nitrogens with zero attached hydrogens (tertiary/aromatic N) is 1. The van der Waals surface area contributed by atoms with Gasteiger partial charge in [-0.15, -0.1) is 0 Å². The van der Waals surface area contributed by atoms with Crippen molar-refractivity contribution in [2.75, 3.05) is 18.4 Å². The number of carbonyl (C=O) groups is 2. The third-order valence-electron chi connectivity index (χ3n) is 3.60. The SMILES string of the molecule is CC1CN(C(=O)Nc2ccc(Cl)c(C(=O)O)c2)CCC1O. The van der Waals surface area contributed by atoms with Crippen molar-refractivity contribution < 1.29 is 19.8 Å². The van der Waals surface area contributed by atoms with E-state index in [0.29, 0.717) is 25.2 Å². The molecule has 1 aromatic rings. The average molecular weight is 313 g/mol. The first-order chi connectivity index (χ1) is 9.88. The van der Waals surface area contributed by atoms with Gasteiger partial charge < -0.3 is 20.4 Å². The van der Waals surface area contributed by atoms with Crippen LogP contribution in [-0.4, -0.2) is 46.3 Å². The van der Waals surface area contributed by atoms with Crippen LogP contribution in [0, 0.1) is 5.92 Å². The summed E-state index contributed by atoms with van der Waals surface area (Å²) in [5, 5.41) is 21.4. The lowest BCUT2D eigenvalue weighted by Crippen LogP contribution is -2.46. The second-order valence-corrected chi connectivity index (χ2v) is 5.62. The summed E-state index contributed by atoms with van der Waals surface area (Å²) in [4.78, 5) is 24.7. The zero-order chi connectivity index (χ0) is 15.6. The molecule has 0 saturated carbocycles. The fourth-order valence-electron chi connectivity index (χ4n) is 2.29. The number of nitrogens with one attached hydrogen (secondary N) is 1. The maximum absolute atomic E-state index is 12.1. The average Bonchev–Trinajstić information content (AvgIpc) is 2.43. The van der Waals surface area contributed by atoms with E-state index in [1.807, 2.05) is 6.92 Å². The Hall–Kier alpha value is -1.79. The summed E-state index contributed by atoms with van der Waals surface area (Å²) >= 11 is 5.78. The first-order valence-corrected chi connectivity index (χ1v) is 7.03. The van der Waals surface area contributed by atoms with Crippen LogP contribution in [0.25, 0.3) is 0 Å². The minimum absolute atomic E-state index is 0.0179. The van der Waals surface area contributed by atoms with Gasteiger partial charge in [0.15, 0.2) is 0 Å². The molecule has 2 atom stereocenters. The summed E-state index contributed by atoms with van der Waals surface area (Å²) in [7, 11) is 0. The van der Waals surface area contributed by atoms with Gasteiger partial charge in [-0.25, -0.2) is 9.59 Å². The summed E-state index contributed by atoms with van der Waals surface area (Å²) in [6, 6.07) is 4.00. The first kappa shape index (κ1) is 15.6. The highest BCUT2D eigenvalue weighted by Gasteiger charge is 2.27. The van der Waals surface area contributed by atoms with E-state index in [-0.39, 0.29) is 28.6 Å². The molecule has 1 fully saturated rings. The first-order valence-electron chi connectivity index (χ1n) is 6.65. The molecule has 1 aliphatic heterocycles. The molecule has 2 rings (SSSR count). The highest BCUT2D eigenvalue weighted by Crippen LogP contribution is 2.22. The van der Waals surface area contributed by atoms with Crippen molar-refractivity contribution in [1.82, 2.24) is 4.90 Å². The zero-order valence-electron chi connectivity index (χ0n) is 11.5. The lowest BCUT2D eigenvalue weighted by atomic mass is 9.97. The Bertz CT molecular complexity index is 564. The number of piperidine rings is 1. The number of urea groups is 1. The molecule has 21 heavy (non-hydrogen) atoms. The third kappa shape index (κ3) is 3.65. The Labute approximate surface area is 127 Å². The topological polar surface area (TPSA) is 89.9 Å². The quantitative estimate of drug-likeness (QED) is 0.781. The number of rotatable bonds is 2. The largest absolute Gasteiger partial charge is 0.478 e. The molecule has 1 heterocycles. The maximum Gasteiger partial charge on any atom is 0.337 e. The predicted molar refractivity (Wildman–Crippen MR) is 78.8 cm³/mol. The van der Waals surface area contributed by atoms with Crippen molar-refractivity contribution in [3.05, 3.63) is 28.8 Å². The highest BCUT2D eigenvalue weighted by atomic mass is 35.5. The number of aliphatic hydroxyl groups is 1. The molecule has 114 valence electrons. The van der Waals surface area contributed by atoms with Gasteiger partial charge in [-0.1, -0.05) is 18.5 Å². The van der Waals surface area contributed by atoms with Gasteiger partial charge in [0.1, 0.15) is 0 Å². The number of anilines is 1. The third-order valence-corrected chi connectivity index (χ3v) is 3.92. The van der Waals surface area contributed by atoms with Crippen molar-refractivity contribution in [2.24, 2.45) is 5.92 Å². The van der Waals surface area contributed by atoms with E-state index in [1.165, 1.54) is 12.1 Å². The second-order valence-electron chi connectivity index (χ2n) is 5.21. The number of halogens is 1. The molecule has 0 bridgehead atoms. The number of likely N-dealkylation sites (tertiary alicyclic amines) is 1. The van der Waals surface area contributed by atoms with Crippen molar-refractivity contribution >= 4 is 29.3 Å². The van der Waals surface area contributed by atoms with Crippen LogP contribution in [0.3, 0.4) is 0 Å². The predicted octanol–water partition coefficient (Wildman–Crippen LogP) is 2.27. The van der Waals surface area contributed by atoms with Crippen LogP contribution >= 0.6 is 11.6 Å². The standard InChI is InChI=1S/C14H17ClN2O4/c1-8-7-17(5-4-12(8)18)14(21)16-9-2-3-11(15)10(6-9)13(19)20/h2-3,6,8,12,18H,4-5,7H2,1H3,(H,16,21)(H,19,20). The Morgan fingerprint density at radius 3 is 2.76 bits per heavy atom. The number of carbonyl (C=O) groups excluding carboxylic acids is 1. The molecule has 1 saturated heterocycles. The Morgan fingerprint density at radius 2 is 2.14 bits per heavy atom. The molecule has 0 aromatic heterocycles. The van der Waals surface area contributed by atoms with E-state index < -0.39 is 5.97 Å². The summed E-state index contributed by atoms with van der Waals surface area (Å²) in [6.07, 6.45) is 0.151. The minimum Gasteiger partial charge on any atom is -0.478 e. The number of benzene rings is 1. The number of hydrogen-bond donors (Lipinski definition) is 3. The van der Waals surface area contributed by atoms with E-state index in [1.54, 1.807) is 11.0 Å². The van der Waals surface area contributed by atoms with Gasteiger partial charge in [-0.3, -0.25) is 0 Å². The number of hydrogen-bond acceptors (Lipinski definition) is 3. The van der Waals surface area contributed by atoms with Crippen molar-refractivity contribution in [3.63, 3.8) is 0 Å². The van der Waals surface area contributed by atoms with Gasteiger partial charge in [0.25, 0.3) is 0 Å². The zero-order valence-corrected chi connectivity index (χ0v) is 12.3. The maximum atomic E-state index is 12.1. The number of carboxylic acid groups (broad SMARTS) is 1. The van der Waals surface area contributed by atoms with E-state index in [9.17, 15) is 14.7 Å². The van der Waals surface area contributed by atoms with Crippen LogP contribution in [0.15, 0.2) is 18.2 Å². The molecule has 7 heteroatoms. The van der Waals surface area contributed by atoms with Gasteiger partial charge >= 0.3 is 12.0 Å².